The number of nitrogens with one attached hydrogen (secondary N) is 2. The number of benzene rings is 2. The van der Waals surface area contributed by atoms with E-state index in [0.29, 0.717) is 17.4 Å². The Bertz CT molecular complexity index is 1090. The number of hydrogen-bond donors (Lipinski definition) is 2. The van der Waals surface area contributed by atoms with E-state index in [9.17, 15) is 18.4 Å². The van der Waals surface area contributed by atoms with Crippen LogP contribution in [0.2, 0.25) is 0 Å². The molecule has 150 valence electrons. The van der Waals surface area contributed by atoms with Gasteiger partial charge in [-0.05, 0) is 73.3 Å². The van der Waals surface area contributed by atoms with Crippen LogP contribution in [-0.4, -0.2) is 35.4 Å². The summed E-state index contributed by atoms with van der Waals surface area (Å²) in [6.07, 6.45) is 2.15. The van der Waals surface area contributed by atoms with Gasteiger partial charge in [-0.25, -0.2) is 8.78 Å². The third-order valence-electron chi connectivity index (χ3n) is 5.34. The van der Waals surface area contributed by atoms with Crippen molar-refractivity contribution in [1.29, 1.82) is 0 Å². The third kappa shape index (κ3) is 4.19. The predicted molar refractivity (Wildman–Crippen MR) is 107 cm³/mol. The number of carbonyl (C=O) groups is 1. The summed E-state index contributed by atoms with van der Waals surface area (Å²) in [4.78, 5) is 29.8. The molecule has 2 N–H and O–H groups in total. The average Bonchev–Trinajstić information content (AvgIpc) is 3.23. The Kier molecular flexibility index (Phi) is 5.40. The first-order chi connectivity index (χ1) is 14.0. The maximum atomic E-state index is 13.3. The van der Waals surface area contributed by atoms with Crippen LogP contribution >= 0.6 is 0 Å². The lowest BCUT2D eigenvalue weighted by Gasteiger charge is -2.28. The minimum Gasteiger partial charge on any atom is -0.350 e. The number of H-pyrrole nitrogens is 1. The lowest BCUT2D eigenvalue weighted by atomic mass is 10.0. The summed E-state index contributed by atoms with van der Waals surface area (Å²) >= 11 is 0. The van der Waals surface area contributed by atoms with E-state index in [1.807, 2.05) is 0 Å². The van der Waals surface area contributed by atoms with Gasteiger partial charge in [-0.15, -0.1) is 0 Å². The molecule has 1 aliphatic rings. The summed E-state index contributed by atoms with van der Waals surface area (Å²) in [6, 6.07) is 11.6. The van der Waals surface area contributed by atoms with Gasteiger partial charge >= 0.3 is 0 Å². The molecule has 1 fully saturated rings. The van der Waals surface area contributed by atoms with Crippen molar-refractivity contribution in [1.82, 2.24) is 15.2 Å². The van der Waals surface area contributed by atoms with Crippen molar-refractivity contribution < 1.29 is 13.6 Å². The van der Waals surface area contributed by atoms with Gasteiger partial charge in [0.05, 0.1) is 11.6 Å². The highest BCUT2D eigenvalue weighted by molar-refractivity contribution is 5.97. The summed E-state index contributed by atoms with van der Waals surface area (Å²) in [5.41, 5.74) is 0.660. The van der Waals surface area contributed by atoms with Crippen LogP contribution in [0.1, 0.15) is 34.8 Å². The molecule has 0 spiro atoms. The molecule has 2 aromatic carbocycles. The molecule has 0 saturated carbocycles. The number of likely N-dealkylation sites (tertiary alicyclic amines) is 1. The SMILES string of the molecule is O=C(NCC(c1ccc(F)cc1)N1CCCC1)c1cc2ccc(F)cc2[nH]c1=O. The zero-order chi connectivity index (χ0) is 20.4. The van der Waals surface area contributed by atoms with Gasteiger partial charge in [0.15, 0.2) is 0 Å². The highest BCUT2D eigenvalue weighted by Gasteiger charge is 2.24. The molecule has 1 aromatic heterocycles. The molecule has 0 radical (unpaired) electrons. The molecule has 2 heterocycles. The van der Waals surface area contributed by atoms with Gasteiger partial charge in [-0.3, -0.25) is 14.5 Å². The second kappa shape index (κ2) is 8.13. The minimum atomic E-state index is -0.569. The van der Waals surface area contributed by atoms with Gasteiger partial charge in [0.1, 0.15) is 17.2 Å². The van der Waals surface area contributed by atoms with Crippen LogP contribution in [0.25, 0.3) is 10.9 Å². The van der Waals surface area contributed by atoms with Gasteiger partial charge in [0.2, 0.25) is 0 Å². The number of pyridine rings is 1. The molecule has 7 heteroatoms. The fourth-order valence-corrected chi connectivity index (χ4v) is 3.82. The number of halogens is 2. The Hall–Kier alpha value is -3.06. The van der Waals surface area contributed by atoms with E-state index in [2.05, 4.69) is 15.2 Å². The molecule has 1 atom stereocenters. The van der Waals surface area contributed by atoms with Crippen molar-refractivity contribution >= 4 is 16.8 Å². The molecule has 1 unspecified atom stereocenters. The second-order valence-corrected chi connectivity index (χ2v) is 7.26. The Morgan fingerprint density at radius 2 is 1.72 bits per heavy atom. The zero-order valence-corrected chi connectivity index (χ0v) is 15.8. The first kappa shape index (κ1) is 19.3. The van der Waals surface area contributed by atoms with Crippen molar-refractivity contribution in [3.8, 4) is 0 Å². The average molecular weight is 397 g/mol. The summed E-state index contributed by atoms with van der Waals surface area (Å²) in [6.45, 7) is 2.10. The number of nitrogens with zero attached hydrogens (tertiary/aromatic N) is 1. The molecule has 29 heavy (non-hydrogen) atoms. The van der Waals surface area contributed by atoms with Crippen LogP contribution in [-0.2, 0) is 0 Å². The molecule has 0 aliphatic carbocycles. The summed E-state index contributed by atoms with van der Waals surface area (Å²) in [7, 11) is 0. The van der Waals surface area contributed by atoms with E-state index < -0.39 is 17.3 Å². The third-order valence-corrected chi connectivity index (χ3v) is 5.34. The van der Waals surface area contributed by atoms with Gasteiger partial charge in [-0.2, -0.15) is 0 Å². The molecule has 4 rings (SSSR count). The maximum Gasteiger partial charge on any atom is 0.261 e. The van der Waals surface area contributed by atoms with Gasteiger partial charge in [-0.1, -0.05) is 12.1 Å². The molecule has 5 nitrogen and oxygen atoms in total. The number of hydrogen-bond acceptors (Lipinski definition) is 3. The van der Waals surface area contributed by atoms with E-state index in [1.165, 1.54) is 36.4 Å². The van der Waals surface area contributed by atoms with Crippen LogP contribution in [0.15, 0.2) is 53.3 Å². The quantitative estimate of drug-likeness (QED) is 0.694. The number of carbonyl (C=O) groups excluding carboxylic acids is 1. The molecule has 1 saturated heterocycles. The molecular weight excluding hydrogens is 376 g/mol. The van der Waals surface area contributed by atoms with Gasteiger partial charge in [0.25, 0.3) is 11.5 Å². The first-order valence-corrected chi connectivity index (χ1v) is 9.61. The molecule has 3 aromatic rings. The highest BCUT2D eigenvalue weighted by atomic mass is 19.1. The Morgan fingerprint density at radius 1 is 1.03 bits per heavy atom. The normalized spacial score (nSPS) is 15.5. The van der Waals surface area contributed by atoms with Crippen molar-refractivity contribution in [2.24, 2.45) is 0 Å². The molecule has 1 amide bonds. The van der Waals surface area contributed by atoms with E-state index >= 15 is 0 Å². The van der Waals surface area contributed by atoms with Crippen molar-refractivity contribution in [2.75, 3.05) is 19.6 Å². The smallest absolute Gasteiger partial charge is 0.261 e. The summed E-state index contributed by atoms with van der Waals surface area (Å²) in [5.74, 6) is -1.26. The monoisotopic (exact) mass is 397 g/mol. The fraction of sp³-hybridized carbons (Fsp3) is 0.273. The lowest BCUT2D eigenvalue weighted by Crippen LogP contribution is -2.38. The Balaban J connectivity index is 1.55. The van der Waals surface area contributed by atoms with Gasteiger partial charge < -0.3 is 10.3 Å². The van der Waals surface area contributed by atoms with E-state index in [0.717, 1.165) is 31.5 Å². The van der Waals surface area contributed by atoms with Crippen LogP contribution in [0, 0.1) is 11.6 Å². The Morgan fingerprint density at radius 3 is 2.45 bits per heavy atom. The van der Waals surface area contributed by atoms with Gasteiger partial charge in [0, 0.05) is 6.54 Å². The van der Waals surface area contributed by atoms with E-state index in [-0.39, 0.29) is 17.4 Å². The largest absolute Gasteiger partial charge is 0.350 e. The molecule has 1 aliphatic heterocycles. The van der Waals surface area contributed by atoms with Crippen molar-refractivity contribution in [3.05, 3.63) is 81.6 Å². The van der Waals surface area contributed by atoms with Crippen molar-refractivity contribution in [3.63, 3.8) is 0 Å². The lowest BCUT2D eigenvalue weighted by molar-refractivity contribution is 0.0936. The second-order valence-electron chi connectivity index (χ2n) is 7.26. The number of aromatic amines is 1. The number of fused-ring (bicyclic) bond motifs is 1. The molecular formula is C22H21F2N3O2. The van der Waals surface area contributed by atoms with Crippen LogP contribution in [0.3, 0.4) is 0 Å². The van der Waals surface area contributed by atoms with Crippen LogP contribution in [0.4, 0.5) is 8.78 Å². The molecule has 0 bridgehead atoms. The standard InChI is InChI=1S/C22H21F2N3O2/c23-16-6-3-14(4-7-16)20(27-9-1-2-10-27)13-25-21(28)18-11-15-5-8-17(24)12-19(15)26-22(18)29/h3-8,11-12,20H,1-2,9-10,13H2,(H,25,28)(H,26,29). The number of rotatable bonds is 5. The predicted octanol–water partition coefficient (Wildman–Crippen LogP) is 3.37. The van der Waals surface area contributed by atoms with E-state index in [4.69, 9.17) is 0 Å². The summed E-state index contributed by atoms with van der Waals surface area (Å²) < 4.78 is 26.7. The Labute approximate surface area is 166 Å². The number of amides is 1. The van der Waals surface area contributed by atoms with Crippen LogP contribution in [0.5, 0.6) is 0 Å². The zero-order valence-electron chi connectivity index (χ0n) is 15.8. The maximum absolute atomic E-state index is 13.3. The van der Waals surface area contributed by atoms with Crippen LogP contribution < -0.4 is 10.9 Å². The highest BCUT2D eigenvalue weighted by Crippen LogP contribution is 2.25. The topological polar surface area (TPSA) is 65.2 Å². The van der Waals surface area contributed by atoms with Crippen molar-refractivity contribution in [2.45, 2.75) is 18.9 Å². The summed E-state index contributed by atoms with van der Waals surface area (Å²) in [5, 5.41) is 3.41. The number of aromatic nitrogens is 1. The first-order valence-electron chi connectivity index (χ1n) is 9.61. The fourth-order valence-electron chi connectivity index (χ4n) is 3.82. The van der Waals surface area contributed by atoms with E-state index in [1.54, 1.807) is 12.1 Å². The minimum absolute atomic E-state index is 0.0246.